The first-order valence-electron chi connectivity index (χ1n) is 6.16. The average Bonchev–Trinajstić information content (AvgIpc) is 2.40. The Kier molecular flexibility index (Phi) is 4.15. The highest BCUT2D eigenvalue weighted by atomic mass is 16.5. The van der Waals surface area contributed by atoms with E-state index in [4.69, 9.17) is 4.74 Å². The van der Waals surface area contributed by atoms with Crippen molar-refractivity contribution in [2.24, 2.45) is 5.92 Å². The zero-order valence-electron chi connectivity index (χ0n) is 10.2. The quantitative estimate of drug-likeness (QED) is 0.862. The molecule has 1 atom stereocenters. The Bertz CT molecular complexity index is 384. The minimum atomic E-state index is 0.190. The van der Waals surface area contributed by atoms with Gasteiger partial charge in [-0.15, -0.1) is 0 Å². The summed E-state index contributed by atoms with van der Waals surface area (Å²) < 4.78 is 5.16. The second-order valence-corrected chi connectivity index (χ2v) is 4.54. The average molecular weight is 233 g/mol. The van der Waals surface area contributed by atoms with Gasteiger partial charge in [0.1, 0.15) is 11.5 Å². The molecule has 1 saturated heterocycles. The van der Waals surface area contributed by atoms with E-state index >= 15 is 0 Å². The van der Waals surface area contributed by atoms with Crippen molar-refractivity contribution in [1.29, 1.82) is 0 Å². The molecule has 92 valence electrons. The van der Waals surface area contributed by atoms with E-state index in [1.165, 1.54) is 0 Å². The molecule has 1 aliphatic heterocycles. The lowest BCUT2D eigenvalue weighted by molar-refractivity contribution is -0.122. The van der Waals surface area contributed by atoms with E-state index in [0.717, 1.165) is 37.2 Å². The van der Waals surface area contributed by atoms with Crippen LogP contribution in [0.4, 0.5) is 0 Å². The molecule has 1 aromatic rings. The minimum absolute atomic E-state index is 0.190. The molecule has 1 unspecified atom stereocenters. The number of Topliss-reactive ketones (excluding diaryl/α,β-unsaturated/α-hetero) is 1. The van der Waals surface area contributed by atoms with Crippen LogP contribution < -0.4 is 10.1 Å². The van der Waals surface area contributed by atoms with Crippen LogP contribution in [0.5, 0.6) is 5.75 Å². The lowest BCUT2D eigenvalue weighted by atomic mass is 9.91. The summed E-state index contributed by atoms with van der Waals surface area (Å²) in [4.78, 5) is 12.1. The Labute approximate surface area is 102 Å². The van der Waals surface area contributed by atoms with Crippen molar-refractivity contribution in [1.82, 2.24) is 5.32 Å². The predicted octanol–water partition coefficient (Wildman–Crippen LogP) is 1.81. The molecular weight excluding hydrogens is 214 g/mol. The van der Waals surface area contributed by atoms with Gasteiger partial charge < -0.3 is 10.1 Å². The van der Waals surface area contributed by atoms with Crippen LogP contribution in [0, 0.1) is 5.92 Å². The van der Waals surface area contributed by atoms with Gasteiger partial charge in [-0.1, -0.05) is 12.1 Å². The van der Waals surface area contributed by atoms with E-state index in [-0.39, 0.29) is 5.92 Å². The molecule has 0 amide bonds. The Morgan fingerprint density at radius 2 is 2.41 bits per heavy atom. The summed E-state index contributed by atoms with van der Waals surface area (Å²) in [6, 6.07) is 7.75. The summed E-state index contributed by atoms with van der Waals surface area (Å²) in [5, 5.41) is 3.28. The van der Waals surface area contributed by atoms with Crippen molar-refractivity contribution in [2.75, 3.05) is 20.2 Å². The third-order valence-electron chi connectivity index (χ3n) is 3.26. The van der Waals surface area contributed by atoms with Crippen LogP contribution in [0.3, 0.4) is 0 Å². The molecule has 2 rings (SSSR count). The number of rotatable bonds is 4. The third-order valence-corrected chi connectivity index (χ3v) is 3.26. The van der Waals surface area contributed by atoms with Crippen molar-refractivity contribution >= 4 is 5.78 Å². The number of carbonyl (C=O) groups is 1. The molecule has 0 aliphatic carbocycles. The number of hydrogen-bond acceptors (Lipinski definition) is 3. The highest BCUT2D eigenvalue weighted by Gasteiger charge is 2.20. The molecule has 1 aliphatic rings. The third kappa shape index (κ3) is 3.30. The van der Waals surface area contributed by atoms with E-state index in [2.05, 4.69) is 5.32 Å². The molecule has 0 aromatic heterocycles. The summed E-state index contributed by atoms with van der Waals surface area (Å²) in [5.41, 5.74) is 1.04. The number of benzene rings is 1. The molecular formula is C14H19NO2. The maximum absolute atomic E-state index is 12.1. The summed E-state index contributed by atoms with van der Waals surface area (Å²) in [6.45, 7) is 1.88. The number of ketones is 1. The van der Waals surface area contributed by atoms with E-state index < -0.39 is 0 Å². The summed E-state index contributed by atoms with van der Waals surface area (Å²) in [5.74, 6) is 1.34. The molecule has 0 radical (unpaired) electrons. The maximum Gasteiger partial charge on any atom is 0.141 e. The van der Waals surface area contributed by atoms with Gasteiger partial charge in [-0.3, -0.25) is 4.79 Å². The molecule has 1 heterocycles. The van der Waals surface area contributed by atoms with Gasteiger partial charge in [0.2, 0.25) is 0 Å². The van der Waals surface area contributed by atoms with Crippen LogP contribution in [0.1, 0.15) is 18.4 Å². The zero-order chi connectivity index (χ0) is 12.1. The van der Waals surface area contributed by atoms with Gasteiger partial charge in [0.25, 0.3) is 0 Å². The van der Waals surface area contributed by atoms with E-state index in [1.54, 1.807) is 7.11 Å². The fraction of sp³-hybridized carbons (Fsp3) is 0.500. The van der Waals surface area contributed by atoms with E-state index in [1.807, 2.05) is 24.3 Å². The second-order valence-electron chi connectivity index (χ2n) is 4.54. The van der Waals surface area contributed by atoms with Crippen molar-refractivity contribution in [2.45, 2.75) is 19.3 Å². The van der Waals surface area contributed by atoms with Crippen molar-refractivity contribution < 1.29 is 9.53 Å². The van der Waals surface area contributed by atoms with Crippen LogP contribution in [0.2, 0.25) is 0 Å². The Hall–Kier alpha value is -1.35. The van der Waals surface area contributed by atoms with Gasteiger partial charge in [-0.2, -0.15) is 0 Å². The number of hydrogen-bond donors (Lipinski definition) is 1. The monoisotopic (exact) mass is 233 g/mol. The number of piperidine rings is 1. The van der Waals surface area contributed by atoms with Gasteiger partial charge in [0, 0.05) is 18.9 Å². The van der Waals surface area contributed by atoms with Crippen LogP contribution >= 0.6 is 0 Å². The topological polar surface area (TPSA) is 38.3 Å². The SMILES string of the molecule is COc1cccc(CC(=O)C2CCCNC2)c1. The lowest BCUT2D eigenvalue weighted by Crippen LogP contribution is -2.35. The van der Waals surface area contributed by atoms with Crippen LogP contribution in [-0.4, -0.2) is 26.0 Å². The van der Waals surface area contributed by atoms with Crippen LogP contribution in [0.25, 0.3) is 0 Å². The van der Waals surface area contributed by atoms with Crippen molar-refractivity contribution in [3.05, 3.63) is 29.8 Å². The highest BCUT2D eigenvalue weighted by molar-refractivity contribution is 5.83. The summed E-state index contributed by atoms with van der Waals surface area (Å²) in [7, 11) is 1.64. The minimum Gasteiger partial charge on any atom is -0.497 e. The molecule has 0 spiro atoms. The molecule has 3 nitrogen and oxygen atoms in total. The Morgan fingerprint density at radius 3 is 3.12 bits per heavy atom. The Morgan fingerprint density at radius 1 is 1.53 bits per heavy atom. The summed E-state index contributed by atoms with van der Waals surface area (Å²) >= 11 is 0. The number of methoxy groups -OCH3 is 1. The van der Waals surface area contributed by atoms with Crippen LogP contribution in [-0.2, 0) is 11.2 Å². The smallest absolute Gasteiger partial charge is 0.141 e. The molecule has 0 saturated carbocycles. The second kappa shape index (κ2) is 5.82. The fourth-order valence-corrected chi connectivity index (χ4v) is 2.25. The predicted molar refractivity (Wildman–Crippen MR) is 67.3 cm³/mol. The molecule has 1 fully saturated rings. The Balaban J connectivity index is 1.96. The number of nitrogens with one attached hydrogen (secondary N) is 1. The van der Waals surface area contributed by atoms with Gasteiger partial charge >= 0.3 is 0 Å². The number of ether oxygens (including phenoxy) is 1. The van der Waals surface area contributed by atoms with Crippen molar-refractivity contribution in [3.63, 3.8) is 0 Å². The maximum atomic E-state index is 12.1. The fourth-order valence-electron chi connectivity index (χ4n) is 2.25. The van der Waals surface area contributed by atoms with Gasteiger partial charge in [-0.05, 0) is 37.1 Å². The molecule has 1 N–H and O–H groups in total. The van der Waals surface area contributed by atoms with Crippen molar-refractivity contribution in [3.8, 4) is 5.75 Å². The van der Waals surface area contributed by atoms with Crippen LogP contribution in [0.15, 0.2) is 24.3 Å². The van der Waals surface area contributed by atoms with Gasteiger partial charge in [-0.25, -0.2) is 0 Å². The number of carbonyl (C=O) groups excluding carboxylic acids is 1. The molecule has 1 aromatic carbocycles. The zero-order valence-corrected chi connectivity index (χ0v) is 10.2. The summed E-state index contributed by atoms with van der Waals surface area (Å²) in [6.07, 6.45) is 2.65. The lowest BCUT2D eigenvalue weighted by Gasteiger charge is -2.21. The van der Waals surface area contributed by atoms with E-state index in [9.17, 15) is 4.79 Å². The highest BCUT2D eigenvalue weighted by Crippen LogP contribution is 2.17. The molecule has 17 heavy (non-hydrogen) atoms. The van der Waals surface area contributed by atoms with Gasteiger partial charge in [0.05, 0.1) is 7.11 Å². The first-order valence-corrected chi connectivity index (χ1v) is 6.16. The first kappa shape index (κ1) is 12.1. The van der Waals surface area contributed by atoms with E-state index in [0.29, 0.717) is 12.2 Å². The normalized spacial score (nSPS) is 19.9. The molecule has 0 bridgehead atoms. The molecule has 3 heteroatoms. The largest absolute Gasteiger partial charge is 0.497 e. The van der Waals surface area contributed by atoms with Gasteiger partial charge in [0.15, 0.2) is 0 Å². The first-order chi connectivity index (χ1) is 8.29. The standard InChI is InChI=1S/C14H19NO2/c1-17-13-6-2-4-11(8-13)9-14(16)12-5-3-7-15-10-12/h2,4,6,8,12,15H,3,5,7,9-10H2,1H3.